The highest BCUT2D eigenvalue weighted by Crippen LogP contribution is 2.06. The number of carbonyl (C=O) groups is 3. The second-order valence-electron chi connectivity index (χ2n) is 7.02. The molecule has 1 rings (SSSR count). The van der Waals surface area contributed by atoms with Crippen LogP contribution < -0.4 is 10.6 Å². The summed E-state index contributed by atoms with van der Waals surface area (Å²) in [6, 6.07) is 9.23. The van der Waals surface area contributed by atoms with Crippen LogP contribution in [0.1, 0.15) is 26.3 Å². The van der Waals surface area contributed by atoms with Crippen molar-refractivity contribution < 1.29 is 33.3 Å². The first-order valence-electron chi connectivity index (χ1n) is 9.35. The summed E-state index contributed by atoms with van der Waals surface area (Å²) in [4.78, 5) is 34.6. The number of carbonyl (C=O) groups excluding carboxylic acids is 3. The van der Waals surface area contributed by atoms with E-state index in [-0.39, 0.29) is 52.0 Å². The molecule has 162 valence electrons. The standard InChI is InChI=1S/C20H30N2O7/c1-20(2,3)29-18(24)15-27-12-11-26-10-9-21-17(23)13-22-19(25)28-14-16-7-5-4-6-8-16/h4-8H,9-15H2,1-3H3,(H,21,23)(H,22,25). The van der Waals surface area contributed by atoms with E-state index in [1.807, 2.05) is 30.3 Å². The third-order valence-electron chi connectivity index (χ3n) is 3.19. The van der Waals surface area contributed by atoms with Crippen LogP contribution in [0.4, 0.5) is 4.79 Å². The van der Waals surface area contributed by atoms with Crippen LogP contribution in [0.15, 0.2) is 30.3 Å². The summed E-state index contributed by atoms with van der Waals surface area (Å²) in [5, 5.41) is 4.97. The summed E-state index contributed by atoms with van der Waals surface area (Å²) in [6.45, 7) is 6.24. The van der Waals surface area contributed by atoms with Crippen LogP contribution in [0, 0.1) is 0 Å². The number of nitrogens with one attached hydrogen (secondary N) is 2. The van der Waals surface area contributed by atoms with Crippen LogP contribution in [-0.4, -0.2) is 63.1 Å². The van der Waals surface area contributed by atoms with Gasteiger partial charge in [0, 0.05) is 6.54 Å². The van der Waals surface area contributed by atoms with Gasteiger partial charge >= 0.3 is 12.1 Å². The molecule has 0 saturated heterocycles. The van der Waals surface area contributed by atoms with Crippen molar-refractivity contribution in [1.29, 1.82) is 0 Å². The van der Waals surface area contributed by atoms with E-state index in [1.54, 1.807) is 20.8 Å². The van der Waals surface area contributed by atoms with Gasteiger partial charge in [0.1, 0.15) is 18.8 Å². The maximum absolute atomic E-state index is 11.6. The Morgan fingerprint density at radius 2 is 1.62 bits per heavy atom. The predicted molar refractivity (Wildman–Crippen MR) is 105 cm³/mol. The minimum absolute atomic E-state index is 0.136. The van der Waals surface area contributed by atoms with E-state index in [2.05, 4.69) is 10.6 Å². The fraction of sp³-hybridized carbons (Fsp3) is 0.550. The zero-order valence-corrected chi connectivity index (χ0v) is 17.2. The van der Waals surface area contributed by atoms with E-state index in [4.69, 9.17) is 18.9 Å². The lowest BCUT2D eigenvalue weighted by atomic mass is 10.2. The van der Waals surface area contributed by atoms with E-state index >= 15 is 0 Å². The maximum atomic E-state index is 11.6. The molecule has 0 spiro atoms. The number of amides is 2. The van der Waals surface area contributed by atoms with Gasteiger partial charge in [-0.15, -0.1) is 0 Å². The summed E-state index contributed by atoms with van der Waals surface area (Å²) in [5.41, 5.74) is 0.321. The Morgan fingerprint density at radius 3 is 2.31 bits per heavy atom. The first kappa shape index (κ1) is 24.4. The van der Waals surface area contributed by atoms with Crippen molar-refractivity contribution >= 4 is 18.0 Å². The number of rotatable bonds is 12. The number of hydrogen-bond donors (Lipinski definition) is 2. The van der Waals surface area contributed by atoms with Crippen molar-refractivity contribution in [2.75, 3.05) is 39.5 Å². The Hall–Kier alpha value is -2.65. The van der Waals surface area contributed by atoms with Gasteiger partial charge in [-0.1, -0.05) is 30.3 Å². The van der Waals surface area contributed by atoms with Crippen LogP contribution in [0.25, 0.3) is 0 Å². The zero-order chi connectivity index (χ0) is 21.5. The molecular weight excluding hydrogens is 380 g/mol. The number of alkyl carbamates (subject to hydrolysis) is 1. The van der Waals surface area contributed by atoms with Gasteiger partial charge in [0.15, 0.2) is 0 Å². The summed E-state index contributed by atoms with van der Waals surface area (Å²) in [7, 11) is 0. The van der Waals surface area contributed by atoms with Crippen molar-refractivity contribution in [3.8, 4) is 0 Å². The summed E-state index contributed by atoms with van der Waals surface area (Å²) in [5.74, 6) is -0.786. The third kappa shape index (κ3) is 14.1. The molecule has 0 unspecified atom stereocenters. The topological polar surface area (TPSA) is 112 Å². The van der Waals surface area contributed by atoms with E-state index in [0.717, 1.165) is 5.56 Å². The van der Waals surface area contributed by atoms with Crippen LogP contribution in [0.2, 0.25) is 0 Å². The molecule has 0 aromatic heterocycles. The van der Waals surface area contributed by atoms with E-state index < -0.39 is 17.7 Å². The molecule has 0 aliphatic carbocycles. The molecule has 9 heteroatoms. The third-order valence-corrected chi connectivity index (χ3v) is 3.19. The van der Waals surface area contributed by atoms with Crippen molar-refractivity contribution in [3.63, 3.8) is 0 Å². The monoisotopic (exact) mass is 410 g/mol. The number of ether oxygens (including phenoxy) is 4. The summed E-state index contributed by atoms with van der Waals surface area (Å²) in [6.07, 6.45) is -0.664. The second kappa shape index (κ2) is 13.5. The minimum atomic E-state index is -0.664. The SMILES string of the molecule is CC(C)(C)OC(=O)COCCOCCNC(=O)CNC(=O)OCc1ccccc1. The average Bonchev–Trinajstić information content (AvgIpc) is 2.66. The highest BCUT2D eigenvalue weighted by Gasteiger charge is 2.15. The lowest BCUT2D eigenvalue weighted by molar-refractivity contribution is -0.160. The normalized spacial score (nSPS) is 10.9. The Labute approximate surface area is 171 Å². The van der Waals surface area contributed by atoms with Gasteiger partial charge in [-0.25, -0.2) is 9.59 Å². The van der Waals surface area contributed by atoms with Gasteiger partial charge in [0.25, 0.3) is 0 Å². The molecule has 2 N–H and O–H groups in total. The smallest absolute Gasteiger partial charge is 0.407 e. The molecule has 0 fully saturated rings. The summed E-state index contributed by atoms with van der Waals surface area (Å²) < 4.78 is 20.5. The van der Waals surface area contributed by atoms with Gasteiger partial charge in [-0.3, -0.25) is 4.79 Å². The Kier molecular flexibility index (Phi) is 11.4. The van der Waals surface area contributed by atoms with Crippen molar-refractivity contribution in [1.82, 2.24) is 10.6 Å². The number of esters is 1. The lowest BCUT2D eigenvalue weighted by Gasteiger charge is -2.19. The average molecular weight is 410 g/mol. The maximum Gasteiger partial charge on any atom is 0.407 e. The molecule has 0 aliphatic heterocycles. The Bertz CT molecular complexity index is 629. The minimum Gasteiger partial charge on any atom is -0.458 e. The fourth-order valence-corrected chi connectivity index (χ4v) is 2.00. The van der Waals surface area contributed by atoms with Gasteiger partial charge < -0.3 is 29.6 Å². The van der Waals surface area contributed by atoms with Crippen molar-refractivity contribution in [2.24, 2.45) is 0 Å². The molecule has 0 atom stereocenters. The second-order valence-corrected chi connectivity index (χ2v) is 7.02. The molecule has 0 aliphatic rings. The van der Waals surface area contributed by atoms with Crippen LogP contribution in [0.5, 0.6) is 0 Å². The molecule has 29 heavy (non-hydrogen) atoms. The molecule has 0 bridgehead atoms. The largest absolute Gasteiger partial charge is 0.458 e. The highest BCUT2D eigenvalue weighted by molar-refractivity contribution is 5.82. The zero-order valence-electron chi connectivity index (χ0n) is 17.2. The highest BCUT2D eigenvalue weighted by atomic mass is 16.6. The number of benzene rings is 1. The van der Waals surface area contributed by atoms with Crippen LogP contribution >= 0.6 is 0 Å². The molecule has 1 aromatic rings. The molecule has 0 saturated carbocycles. The van der Waals surface area contributed by atoms with Gasteiger partial charge in [-0.05, 0) is 26.3 Å². The number of hydrogen-bond acceptors (Lipinski definition) is 7. The molecule has 9 nitrogen and oxygen atoms in total. The molecular formula is C20H30N2O7. The molecule has 0 radical (unpaired) electrons. The Morgan fingerprint density at radius 1 is 0.931 bits per heavy atom. The fourth-order valence-electron chi connectivity index (χ4n) is 2.00. The summed E-state index contributed by atoms with van der Waals surface area (Å²) >= 11 is 0. The van der Waals surface area contributed by atoms with Gasteiger partial charge in [-0.2, -0.15) is 0 Å². The quantitative estimate of drug-likeness (QED) is 0.396. The van der Waals surface area contributed by atoms with Crippen molar-refractivity contribution in [2.45, 2.75) is 33.0 Å². The first-order chi connectivity index (χ1) is 13.8. The predicted octanol–water partition coefficient (Wildman–Crippen LogP) is 1.40. The van der Waals surface area contributed by atoms with E-state index in [1.165, 1.54) is 0 Å². The van der Waals surface area contributed by atoms with Crippen molar-refractivity contribution in [3.05, 3.63) is 35.9 Å². The molecule has 0 heterocycles. The van der Waals surface area contributed by atoms with E-state index in [9.17, 15) is 14.4 Å². The molecule has 2 amide bonds. The van der Waals surface area contributed by atoms with E-state index in [0.29, 0.717) is 0 Å². The first-order valence-corrected chi connectivity index (χ1v) is 9.35. The Balaban J connectivity index is 1.95. The van der Waals surface area contributed by atoms with Gasteiger partial charge in [0.05, 0.1) is 26.4 Å². The molecule has 1 aromatic carbocycles. The van der Waals surface area contributed by atoms with Crippen LogP contribution in [-0.2, 0) is 35.1 Å². The van der Waals surface area contributed by atoms with Crippen LogP contribution in [0.3, 0.4) is 0 Å². The lowest BCUT2D eigenvalue weighted by Crippen LogP contribution is -2.38. The van der Waals surface area contributed by atoms with Gasteiger partial charge in [0.2, 0.25) is 5.91 Å².